The number of carbonyl (C=O) groups is 2. The van der Waals surface area contributed by atoms with Gasteiger partial charge in [0.05, 0.1) is 19.1 Å². The third-order valence-electron chi connectivity index (χ3n) is 2.96. The Balaban J connectivity index is 2.70. The number of alkyl carbamates (subject to hydrolysis) is 1. The Labute approximate surface area is 144 Å². The second-order valence-electron chi connectivity index (χ2n) is 6.38. The molecule has 132 valence electrons. The van der Waals surface area contributed by atoms with Crippen LogP contribution >= 0.6 is 0 Å². The minimum absolute atomic E-state index is 0.176. The molecule has 0 spiro atoms. The van der Waals surface area contributed by atoms with Gasteiger partial charge in [-0.15, -0.1) is 0 Å². The van der Waals surface area contributed by atoms with Crippen LogP contribution in [0.3, 0.4) is 0 Å². The van der Waals surface area contributed by atoms with Gasteiger partial charge in [0.2, 0.25) is 0 Å². The summed E-state index contributed by atoms with van der Waals surface area (Å²) in [5, 5.41) is 2.83. The molecule has 1 amide bonds. The van der Waals surface area contributed by atoms with Gasteiger partial charge in [0, 0.05) is 0 Å². The smallest absolute Gasteiger partial charge is 0.408 e. The van der Waals surface area contributed by atoms with Crippen LogP contribution in [0.25, 0.3) is 0 Å². The zero-order valence-electron chi connectivity index (χ0n) is 14.9. The first-order valence-electron chi connectivity index (χ1n) is 8.16. The number of hydrogen-bond donors (Lipinski definition) is 1. The molecule has 24 heavy (non-hydrogen) atoms. The monoisotopic (exact) mass is 333 g/mol. The average molecular weight is 333 g/mol. The van der Waals surface area contributed by atoms with Crippen molar-refractivity contribution in [3.8, 4) is 0 Å². The van der Waals surface area contributed by atoms with Crippen molar-refractivity contribution in [3.63, 3.8) is 0 Å². The Morgan fingerprint density at radius 1 is 1.21 bits per heavy atom. The maximum absolute atomic E-state index is 12.0. The molecule has 0 fully saturated rings. The van der Waals surface area contributed by atoms with E-state index >= 15 is 0 Å². The van der Waals surface area contributed by atoms with Gasteiger partial charge in [0.25, 0.3) is 0 Å². The largest absolute Gasteiger partial charge is 0.466 e. The lowest BCUT2D eigenvalue weighted by molar-refractivity contribution is -0.142. The van der Waals surface area contributed by atoms with Crippen molar-refractivity contribution in [3.05, 3.63) is 48.0 Å². The highest BCUT2D eigenvalue weighted by atomic mass is 16.6. The zero-order valence-corrected chi connectivity index (χ0v) is 14.9. The first-order valence-corrected chi connectivity index (χ1v) is 8.16. The van der Waals surface area contributed by atoms with Crippen molar-refractivity contribution >= 4 is 12.1 Å². The molecular formula is C19H27NO4. The average Bonchev–Trinajstić information content (AvgIpc) is 2.46. The summed E-state index contributed by atoms with van der Waals surface area (Å²) in [6, 6.07) is 9.55. The fraction of sp³-hybridized carbons (Fsp3) is 0.474. The van der Waals surface area contributed by atoms with Crippen molar-refractivity contribution in [2.45, 2.75) is 52.2 Å². The summed E-state index contributed by atoms with van der Waals surface area (Å²) in [6.07, 6.45) is 3.81. The standard InChI is InChI=1S/C19H27NO4/c1-5-23-17(21)13-9-12-16(14-15-10-7-6-8-11-15)20-18(22)24-19(2,3)4/h6-12,16H,5,13-14H2,1-4H3,(H,20,22)/b12-9+/t16-/m1/s1. The molecule has 0 aliphatic carbocycles. The fourth-order valence-corrected chi connectivity index (χ4v) is 2.04. The second-order valence-corrected chi connectivity index (χ2v) is 6.38. The fourth-order valence-electron chi connectivity index (χ4n) is 2.04. The molecule has 1 aromatic rings. The zero-order chi connectivity index (χ0) is 18.0. The van der Waals surface area contributed by atoms with Crippen LogP contribution in [-0.4, -0.2) is 30.3 Å². The van der Waals surface area contributed by atoms with Gasteiger partial charge in [-0.3, -0.25) is 4.79 Å². The van der Waals surface area contributed by atoms with Gasteiger partial charge in [-0.25, -0.2) is 4.79 Å². The van der Waals surface area contributed by atoms with E-state index in [-0.39, 0.29) is 18.4 Å². The van der Waals surface area contributed by atoms with Crippen molar-refractivity contribution in [2.75, 3.05) is 6.61 Å². The molecule has 0 unspecified atom stereocenters. The summed E-state index contributed by atoms with van der Waals surface area (Å²) in [5.41, 5.74) is 0.523. The van der Waals surface area contributed by atoms with Gasteiger partial charge in [-0.2, -0.15) is 0 Å². The van der Waals surface area contributed by atoms with E-state index in [4.69, 9.17) is 9.47 Å². The number of esters is 1. The lowest BCUT2D eigenvalue weighted by atomic mass is 10.1. The molecule has 5 heteroatoms. The van der Waals surface area contributed by atoms with E-state index in [2.05, 4.69) is 5.32 Å². The number of nitrogens with one attached hydrogen (secondary N) is 1. The number of benzene rings is 1. The van der Waals surface area contributed by atoms with E-state index in [0.717, 1.165) is 5.56 Å². The Bertz CT molecular complexity index is 546. The van der Waals surface area contributed by atoms with Crippen LogP contribution in [0.2, 0.25) is 0 Å². The topological polar surface area (TPSA) is 64.6 Å². The number of rotatable bonds is 7. The summed E-state index contributed by atoms with van der Waals surface area (Å²) in [6.45, 7) is 7.57. The summed E-state index contributed by atoms with van der Waals surface area (Å²) < 4.78 is 10.2. The number of carbonyl (C=O) groups excluding carboxylic acids is 2. The number of amides is 1. The van der Waals surface area contributed by atoms with Crippen molar-refractivity contribution in [1.29, 1.82) is 0 Å². The quantitative estimate of drug-likeness (QED) is 0.611. The van der Waals surface area contributed by atoms with Gasteiger partial charge < -0.3 is 14.8 Å². The van der Waals surface area contributed by atoms with E-state index in [1.165, 1.54) is 0 Å². The molecule has 0 aromatic heterocycles. The number of hydrogen-bond acceptors (Lipinski definition) is 4. The molecule has 1 rings (SSSR count). The van der Waals surface area contributed by atoms with Gasteiger partial charge in [0.15, 0.2) is 0 Å². The summed E-state index contributed by atoms with van der Waals surface area (Å²) >= 11 is 0. The van der Waals surface area contributed by atoms with E-state index in [0.29, 0.717) is 13.0 Å². The Morgan fingerprint density at radius 2 is 1.88 bits per heavy atom. The van der Waals surface area contributed by atoms with Gasteiger partial charge in [-0.05, 0) is 39.7 Å². The van der Waals surface area contributed by atoms with E-state index in [9.17, 15) is 9.59 Å². The van der Waals surface area contributed by atoms with Crippen molar-refractivity contribution < 1.29 is 19.1 Å². The van der Waals surface area contributed by atoms with Gasteiger partial charge in [-0.1, -0.05) is 42.5 Å². The molecular weight excluding hydrogens is 306 g/mol. The van der Waals surface area contributed by atoms with E-state index in [1.54, 1.807) is 19.1 Å². The lowest BCUT2D eigenvalue weighted by Crippen LogP contribution is -2.39. The summed E-state index contributed by atoms with van der Waals surface area (Å²) in [4.78, 5) is 23.4. The van der Waals surface area contributed by atoms with Crippen LogP contribution in [0.1, 0.15) is 39.7 Å². The van der Waals surface area contributed by atoms with Crippen LogP contribution < -0.4 is 5.32 Å². The molecule has 0 saturated heterocycles. The van der Waals surface area contributed by atoms with E-state index in [1.807, 2.05) is 51.1 Å². The summed E-state index contributed by atoms with van der Waals surface area (Å²) in [5.74, 6) is -0.288. The molecule has 0 bridgehead atoms. The van der Waals surface area contributed by atoms with E-state index < -0.39 is 11.7 Å². The maximum atomic E-state index is 12.0. The van der Waals surface area contributed by atoms with Crippen LogP contribution in [0.15, 0.2) is 42.5 Å². The highest BCUT2D eigenvalue weighted by molar-refractivity contribution is 5.71. The van der Waals surface area contributed by atoms with Crippen molar-refractivity contribution in [1.82, 2.24) is 5.32 Å². The first-order chi connectivity index (χ1) is 11.3. The third kappa shape index (κ3) is 8.98. The van der Waals surface area contributed by atoms with Gasteiger partial charge >= 0.3 is 12.1 Å². The predicted molar refractivity (Wildman–Crippen MR) is 93.7 cm³/mol. The summed E-state index contributed by atoms with van der Waals surface area (Å²) in [7, 11) is 0. The molecule has 0 saturated carbocycles. The molecule has 1 atom stereocenters. The Hall–Kier alpha value is -2.30. The highest BCUT2D eigenvalue weighted by Crippen LogP contribution is 2.09. The normalized spacial score (nSPS) is 12.7. The first kappa shape index (κ1) is 19.7. The lowest BCUT2D eigenvalue weighted by Gasteiger charge is -2.22. The second kappa shape index (κ2) is 9.75. The SMILES string of the molecule is CCOC(=O)C/C=C/[C@H](Cc1ccccc1)NC(=O)OC(C)(C)C. The highest BCUT2D eigenvalue weighted by Gasteiger charge is 2.18. The Kier molecular flexibility index (Phi) is 8.02. The van der Waals surface area contributed by atoms with Gasteiger partial charge in [0.1, 0.15) is 5.60 Å². The maximum Gasteiger partial charge on any atom is 0.408 e. The van der Waals surface area contributed by atoms with Crippen LogP contribution in [0, 0.1) is 0 Å². The van der Waals surface area contributed by atoms with Crippen LogP contribution in [0.4, 0.5) is 4.79 Å². The molecule has 1 N–H and O–H groups in total. The number of ether oxygens (including phenoxy) is 2. The molecule has 1 aromatic carbocycles. The Morgan fingerprint density at radius 3 is 2.46 bits per heavy atom. The molecule has 0 heterocycles. The van der Waals surface area contributed by atoms with Crippen molar-refractivity contribution in [2.24, 2.45) is 0 Å². The molecule has 0 aliphatic rings. The molecule has 0 aliphatic heterocycles. The van der Waals surface area contributed by atoms with Crippen LogP contribution in [0.5, 0.6) is 0 Å². The predicted octanol–water partition coefficient (Wildman–Crippen LogP) is 3.63. The molecule has 5 nitrogen and oxygen atoms in total. The third-order valence-corrected chi connectivity index (χ3v) is 2.96. The van der Waals surface area contributed by atoms with Crippen LogP contribution in [-0.2, 0) is 20.7 Å². The minimum Gasteiger partial charge on any atom is -0.466 e. The minimum atomic E-state index is -0.559. The molecule has 0 radical (unpaired) electrons.